The SMILES string of the molecule is O=C1C=Cc2cc(Br)ccc2[N]1. The van der Waals surface area contributed by atoms with Crippen molar-refractivity contribution in [1.29, 1.82) is 0 Å². The molecular weight excluding hydrogens is 218 g/mol. The molecule has 1 heterocycles. The van der Waals surface area contributed by atoms with Crippen LogP contribution in [-0.4, -0.2) is 5.91 Å². The molecule has 1 aliphatic heterocycles. The van der Waals surface area contributed by atoms with E-state index in [1.807, 2.05) is 18.2 Å². The van der Waals surface area contributed by atoms with Crippen molar-refractivity contribution in [3.63, 3.8) is 0 Å². The van der Waals surface area contributed by atoms with Gasteiger partial charge < -0.3 is 0 Å². The lowest BCUT2D eigenvalue weighted by Gasteiger charge is -2.08. The summed E-state index contributed by atoms with van der Waals surface area (Å²) in [5.41, 5.74) is 1.72. The van der Waals surface area contributed by atoms with E-state index in [9.17, 15) is 4.79 Å². The molecule has 0 saturated heterocycles. The van der Waals surface area contributed by atoms with Crippen molar-refractivity contribution in [2.45, 2.75) is 0 Å². The van der Waals surface area contributed by atoms with Gasteiger partial charge in [0.05, 0.1) is 5.69 Å². The van der Waals surface area contributed by atoms with Gasteiger partial charge in [0.1, 0.15) is 0 Å². The third kappa shape index (κ3) is 1.28. The van der Waals surface area contributed by atoms with Crippen LogP contribution in [0.2, 0.25) is 0 Å². The quantitative estimate of drug-likeness (QED) is 0.663. The third-order valence-electron chi connectivity index (χ3n) is 1.63. The maximum absolute atomic E-state index is 10.8. The lowest BCUT2D eigenvalue weighted by molar-refractivity contribution is -0.115. The second-order valence-electron chi connectivity index (χ2n) is 2.49. The minimum absolute atomic E-state index is 0.190. The number of hydrogen-bond acceptors (Lipinski definition) is 1. The average molecular weight is 223 g/mol. The number of carbonyl (C=O) groups is 1. The van der Waals surface area contributed by atoms with Gasteiger partial charge in [-0.3, -0.25) is 4.79 Å². The average Bonchev–Trinajstić information content (AvgIpc) is 2.05. The summed E-state index contributed by atoms with van der Waals surface area (Å²) in [5, 5.41) is 3.84. The van der Waals surface area contributed by atoms with Crippen molar-refractivity contribution in [3.05, 3.63) is 34.3 Å². The highest BCUT2D eigenvalue weighted by Gasteiger charge is 2.10. The van der Waals surface area contributed by atoms with E-state index in [-0.39, 0.29) is 5.91 Å². The minimum atomic E-state index is -0.190. The molecule has 0 saturated carbocycles. The number of rotatable bonds is 0. The van der Waals surface area contributed by atoms with Gasteiger partial charge in [0.25, 0.3) is 5.91 Å². The number of nitrogens with zero attached hydrogens (tertiary/aromatic N) is 1. The lowest BCUT2D eigenvalue weighted by Crippen LogP contribution is -2.10. The molecule has 0 spiro atoms. The van der Waals surface area contributed by atoms with Crippen LogP contribution >= 0.6 is 15.9 Å². The molecule has 12 heavy (non-hydrogen) atoms. The largest absolute Gasteiger partial charge is 0.270 e. The molecule has 1 amide bonds. The van der Waals surface area contributed by atoms with Crippen LogP contribution in [0.4, 0.5) is 5.69 Å². The van der Waals surface area contributed by atoms with E-state index in [0.717, 1.165) is 15.7 Å². The fraction of sp³-hybridized carbons (Fsp3) is 0. The Bertz CT molecular complexity index is 371. The molecule has 0 N–H and O–H groups in total. The highest BCUT2D eigenvalue weighted by molar-refractivity contribution is 9.10. The second kappa shape index (κ2) is 2.75. The first-order valence-electron chi connectivity index (χ1n) is 3.49. The molecule has 0 unspecified atom stereocenters. The van der Waals surface area contributed by atoms with Crippen LogP contribution in [0.15, 0.2) is 28.7 Å². The Morgan fingerprint density at radius 1 is 1.25 bits per heavy atom. The fourth-order valence-electron chi connectivity index (χ4n) is 1.08. The van der Waals surface area contributed by atoms with Gasteiger partial charge in [-0.05, 0) is 24.3 Å². The summed E-state index contributed by atoms with van der Waals surface area (Å²) in [5.74, 6) is -0.190. The van der Waals surface area contributed by atoms with Gasteiger partial charge in [0, 0.05) is 16.1 Å². The topological polar surface area (TPSA) is 31.2 Å². The summed E-state index contributed by atoms with van der Waals surface area (Å²) in [4.78, 5) is 10.8. The zero-order chi connectivity index (χ0) is 8.55. The fourth-order valence-corrected chi connectivity index (χ4v) is 1.46. The molecule has 0 aromatic heterocycles. The second-order valence-corrected chi connectivity index (χ2v) is 3.40. The van der Waals surface area contributed by atoms with Crippen LogP contribution < -0.4 is 5.32 Å². The third-order valence-corrected chi connectivity index (χ3v) is 2.12. The first-order chi connectivity index (χ1) is 5.75. The molecule has 0 fully saturated rings. The standard InChI is InChI=1S/C9H5BrNO/c10-7-2-3-8-6(5-7)1-4-9(12)11-8/h1-5H. The molecule has 1 aliphatic rings. The monoisotopic (exact) mass is 222 g/mol. The molecular formula is C9H5BrNO. The van der Waals surface area contributed by atoms with Gasteiger partial charge in [-0.25, -0.2) is 5.32 Å². The Morgan fingerprint density at radius 3 is 2.92 bits per heavy atom. The number of hydrogen-bond donors (Lipinski definition) is 0. The number of carbonyl (C=O) groups excluding carboxylic acids is 1. The molecule has 0 atom stereocenters. The van der Waals surface area contributed by atoms with Crippen LogP contribution in [0, 0.1) is 0 Å². The summed E-state index contributed by atoms with van der Waals surface area (Å²) in [6.07, 6.45) is 3.24. The molecule has 2 rings (SSSR count). The summed E-state index contributed by atoms with van der Waals surface area (Å²) in [7, 11) is 0. The normalized spacial score (nSPS) is 13.9. The van der Waals surface area contributed by atoms with E-state index in [1.165, 1.54) is 6.08 Å². The molecule has 0 bridgehead atoms. The number of benzene rings is 1. The van der Waals surface area contributed by atoms with Gasteiger partial charge >= 0.3 is 0 Å². The van der Waals surface area contributed by atoms with Crippen LogP contribution in [-0.2, 0) is 4.79 Å². The van der Waals surface area contributed by atoms with Crippen molar-refractivity contribution < 1.29 is 4.79 Å². The molecule has 2 nitrogen and oxygen atoms in total. The zero-order valence-corrected chi connectivity index (χ0v) is 7.71. The molecule has 3 heteroatoms. The van der Waals surface area contributed by atoms with Gasteiger partial charge in [-0.1, -0.05) is 15.9 Å². The van der Waals surface area contributed by atoms with E-state index in [4.69, 9.17) is 0 Å². The van der Waals surface area contributed by atoms with E-state index in [2.05, 4.69) is 21.2 Å². The Labute approximate surface area is 78.4 Å². The molecule has 59 valence electrons. The minimum Gasteiger partial charge on any atom is -0.267 e. The predicted octanol–water partition coefficient (Wildman–Crippen LogP) is 2.24. The van der Waals surface area contributed by atoms with Gasteiger partial charge in [-0.15, -0.1) is 0 Å². The number of amides is 1. The van der Waals surface area contributed by atoms with Crippen molar-refractivity contribution >= 4 is 33.6 Å². The summed E-state index contributed by atoms with van der Waals surface area (Å²) in [6, 6.07) is 5.62. The Balaban J connectivity index is 2.54. The summed E-state index contributed by atoms with van der Waals surface area (Å²) < 4.78 is 0.996. The molecule has 1 aromatic rings. The van der Waals surface area contributed by atoms with Crippen molar-refractivity contribution in [3.8, 4) is 0 Å². The van der Waals surface area contributed by atoms with Crippen molar-refractivity contribution in [1.82, 2.24) is 5.32 Å². The highest BCUT2D eigenvalue weighted by Crippen LogP contribution is 2.24. The Hall–Kier alpha value is -1.09. The maximum atomic E-state index is 10.8. The van der Waals surface area contributed by atoms with E-state index in [0.29, 0.717) is 0 Å². The number of halogens is 1. The molecule has 1 aromatic carbocycles. The Kier molecular flexibility index (Phi) is 1.73. The van der Waals surface area contributed by atoms with E-state index >= 15 is 0 Å². The first kappa shape index (κ1) is 7.55. The van der Waals surface area contributed by atoms with Crippen LogP contribution in [0.25, 0.3) is 6.08 Å². The van der Waals surface area contributed by atoms with Crippen LogP contribution in [0.5, 0.6) is 0 Å². The molecule has 1 radical (unpaired) electrons. The van der Waals surface area contributed by atoms with Crippen molar-refractivity contribution in [2.24, 2.45) is 0 Å². The van der Waals surface area contributed by atoms with Crippen molar-refractivity contribution in [2.75, 3.05) is 0 Å². The summed E-state index contributed by atoms with van der Waals surface area (Å²) >= 11 is 3.35. The van der Waals surface area contributed by atoms with Gasteiger partial charge in [0.15, 0.2) is 0 Å². The van der Waals surface area contributed by atoms with Crippen LogP contribution in [0.1, 0.15) is 5.56 Å². The zero-order valence-electron chi connectivity index (χ0n) is 6.12. The first-order valence-corrected chi connectivity index (χ1v) is 4.28. The predicted molar refractivity (Wildman–Crippen MR) is 50.0 cm³/mol. The smallest absolute Gasteiger partial charge is 0.267 e. The Morgan fingerprint density at radius 2 is 2.08 bits per heavy atom. The number of fused-ring (bicyclic) bond motifs is 1. The lowest BCUT2D eigenvalue weighted by atomic mass is 10.1. The van der Waals surface area contributed by atoms with E-state index in [1.54, 1.807) is 6.08 Å². The van der Waals surface area contributed by atoms with Gasteiger partial charge in [0.2, 0.25) is 0 Å². The maximum Gasteiger partial charge on any atom is 0.270 e. The summed E-state index contributed by atoms with van der Waals surface area (Å²) in [6.45, 7) is 0. The highest BCUT2D eigenvalue weighted by atomic mass is 79.9. The van der Waals surface area contributed by atoms with Gasteiger partial charge in [-0.2, -0.15) is 0 Å². The van der Waals surface area contributed by atoms with Crippen LogP contribution in [0.3, 0.4) is 0 Å². The molecule has 0 aliphatic carbocycles. The van der Waals surface area contributed by atoms with E-state index < -0.39 is 0 Å².